The summed E-state index contributed by atoms with van der Waals surface area (Å²) in [6, 6.07) is 11.9. The molecule has 1 atom stereocenters. The summed E-state index contributed by atoms with van der Waals surface area (Å²) in [7, 11) is -3.32. The van der Waals surface area contributed by atoms with E-state index in [1.165, 1.54) is 18.2 Å². The van der Waals surface area contributed by atoms with Gasteiger partial charge in [-0.15, -0.1) is 0 Å². The van der Waals surface area contributed by atoms with Gasteiger partial charge in [0, 0.05) is 11.8 Å². The van der Waals surface area contributed by atoms with E-state index in [2.05, 4.69) is 5.43 Å². The molecule has 0 aliphatic rings. The van der Waals surface area contributed by atoms with E-state index in [0.29, 0.717) is 11.1 Å². The van der Waals surface area contributed by atoms with Crippen molar-refractivity contribution in [1.82, 2.24) is 5.43 Å². The Morgan fingerprint density at radius 2 is 1.85 bits per heavy atom. The fourth-order valence-electron chi connectivity index (χ4n) is 2.00. The quantitative estimate of drug-likeness (QED) is 0.666. The van der Waals surface area contributed by atoms with Gasteiger partial charge in [-0.1, -0.05) is 30.3 Å². The number of halogens is 1. The van der Waals surface area contributed by atoms with E-state index >= 15 is 0 Å². The topological polar surface area (TPSA) is 72.2 Å². The lowest BCUT2D eigenvalue weighted by atomic mass is 9.99. The van der Waals surface area contributed by atoms with E-state index in [1.54, 1.807) is 30.3 Å². The summed E-state index contributed by atoms with van der Waals surface area (Å²) >= 11 is 0. The molecular formula is C14H15FN2O2S. The number of benzene rings is 2. The summed E-state index contributed by atoms with van der Waals surface area (Å²) in [5.74, 6) is 5.10. The number of rotatable bonds is 4. The van der Waals surface area contributed by atoms with Gasteiger partial charge < -0.3 is 0 Å². The minimum Gasteiger partial charge on any atom is -0.271 e. The molecule has 0 saturated heterocycles. The minimum atomic E-state index is -3.32. The van der Waals surface area contributed by atoms with Crippen LogP contribution in [-0.4, -0.2) is 14.7 Å². The highest BCUT2D eigenvalue weighted by Crippen LogP contribution is 2.25. The normalized spacial score (nSPS) is 13.2. The molecule has 2 aromatic carbocycles. The van der Waals surface area contributed by atoms with Crippen LogP contribution < -0.4 is 11.3 Å². The predicted octanol–water partition coefficient (Wildman–Crippen LogP) is 1.78. The number of hydrazine groups is 1. The van der Waals surface area contributed by atoms with Gasteiger partial charge in [0.1, 0.15) is 5.82 Å². The molecule has 4 nitrogen and oxygen atoms in total. The average molecular weight is 294 g/mol. The number of nitrogens with one attached hydrogen (secondary N) is 1. The van der Waals surface area contributed by atoms with Crippen molar-refractivity contribution in [3.05, 3.63) is 65.5 Å². The van der Waals surface area contributed by atoms with Crippen LogP contribution in [0.4, 0.5) is 4.39 Å². The van der Waals surface area contributed by atoms with Gasteiger partial charge in [-0.05, 0) is 23.8 Å². The maximum absolute atomic E-state index is 13.8. The second kappa shape index (κ2) is 5.70. The molecule has 0 radical (unpaired) electrons. The summed E-state index contributed by atoms with van der Waals surface area (Å²) in [6.45, 7) is 0. The number of hydrogen-bond acceptors (Lipinski definition) is 4. The Balaban J connectivity index is 2.51. The van der Waals surface area contributed by atoms with E-state index in [-0.39, 0.29) is 4.90 Å². The van der Waals surface area contributed by atoms with Crippen molar-refractivity contribution < 1.29 is 12.8 Å². The summed E-state index contributed by atoms with van der Waals surface area (Å²) in [6.07, 6.45) is 1.13. The van der Waals surface area contributed by atoms with Gasteiger partial charge >= 0.3 is 0 Å². The summed E-state index contributed by atoms with van der Waals surface area (Å²) < 4.78 is 37.0. The molecule has 20 heavy (non-hydrogen) atoms. The highest BCUT2D eigenvalue weighted by molar-refractivity contribution is 7.90. The molecule has 0 aliphatic heterocycles. The Kier molecular flexibility index (Phi) is 4.17. The Labute approximate surface area is 117 Å². The fraction of sp³-hybridized carbons (Fsp3) is 0.143. The lowest BCUT2D eigenvalue weighted by Gasteiger charge is -2.18. The lowest BCUT2D eigenvalue weighted by Crippen LogP contribution is -2.29. The Hall–Kier alpha value is -1.76. The predicted molar refractivity (Wildman–Crippen MR) is 75.1 cm³/mol. The van der Waals surface area contributed by atoms with Crippen molar-refractivity contribution in [2.45, 2.75) is 10.9 Å². The summed E-state index contributed by atoms with van der Waals surface area (Å²) in [5.41, 5.74) is 3.46. The third kappa shape index (κ3) is 3.04. The zero-order valence-corrected chi connectivity index (χ0v) is 11.7. The van der Waals surface area contributed by atoms with Crippen molar-refractivity contribution in [1.29, 1.82) is 0 Å². The Bertz CT molecular complexity index is 717. The molecule has 2 rings (SSSR count). The SMILES string of the molecule is CS(=O)(=O)c1cccc(C(NN)c2ccccc2F)c1. The smallest absolute Gasteiger partial charge is 0.175 e. The van der Waals surface area contributed by atoms with Crippen LogP contribution in [0, 0.1) is 5.82 Å². The third-order valence-corrected chi connectivity index (χ3v) is 4.11. The van der Waals surface area contributed by atoms with E-state index in [1.807, 2.05) is 0 Å². The van der Waals surface area contributed by atoms with Crippen molar-refractivity contribution >= 4 is 9.84 Å². The first-order chi connectivity index (χ1) is 9.43. The van der Waals surface area contributed by atoms with Crippen LogP contribution in [-0.2, 0) is 9.84 Å². The molecule has 0 aromatic heterocycles. The molecular weight excluding hydrogens is 279 g/mol. The van der Waals surface area contributed by atoms with E-state index in [9.17, 15) is 12.8 Å². The van der Waals surface area contributed by atoms with E-state index in [4.69, 9.17) is 5.84 Å². The molecule has 0 spiro atoms. The largest absolute Gasteiger partial charge is 0.271 e. The zero-order chi connectivity index (χ0) is 14.8. The molecule has 6 heteroatoms. The second-order valence-electron chi connectivity index (χ2n) is 4.47. The van der Waals surface area contributed by atoms with Crippen LogP contribution in [0.15, 0.2) is 53.4 Å². The maximum Gasteiger partial charge on any atom is 0.175 e. The van der Waals surface area contributed by atoms with Crippen molar-refractivity contribution in [3.63, 3.8) is 0 Å². The summed E-state index contributed by atoms with van der Waals surface area (Å²) in [4.78, 5) is 0.173. The van der Waals surface area contributed by atoms with Gasteiger partial charge in [-0.2, -0.15) is 0 Å². The molecule has 0 saturated carbocycles. The molecule has 2 aromatic rings. The van der Waals surface area contributed by atoms with Gasteiger partial charge in [0.2, 0.25) is 0 Å². The zero-order valence-electron chi connectivity index (χ0n) is 10.9. The second-order valence-corrected chi connectivity index (χ2v) is 6.48. The van der Waals surface area contributed by atoms with Crippen molar-refractivity contribution in [2.24, 2.45) is 5.84 Å². The van der Waals surface area contributed by atoms with Crippen molar-refractivity contribution in [2.75, 3.05) is 6.26 Å². The van der Waals surface area contributed by atoms with Gasteiger partial charge in [0.25, 0.3) is 0 Å². The van der Waals surface area contributed by atoms with Crippen LogP contribution in [0.3, 0.4) is 0 Å². The first-order valence-electron chi connectivity index (χ1n) is 5.94. The lowest BCUT2D eigenvalue weighted by molar-refractivity contribution is 0.559. The number of hydrogen-bond donors (Lipinski definition) is 2. The summed E-state index contributed by atoms with van der Waals surface area (Å²) in [5, 5.41) is 0. The molecule has 106 valence electrons. The van der Waals surface area contributed by atoms with Gasteiger partial charge in [0.05, 0.1) is 10.9 Å². The van der Waals surface area contributed by atoms with Crippen LogP contribution in [0.1, 0.15) is 17.2 Å². The van der Waals surface area contributed by atoms with Gasteiger partial charge in [0.15, 0.2) is 9.84 Å². The van der Waals surface area contributed by atoms with Crippen LogP contribution in [0.25, 0.3) is 0 Å². The number of nitrogens with two attached hydrogens (primary N) is 1. The monoisotopic (exact) mass is 294 g/mol. The first-order valence-corrected chi connectivity index (χ1v) is 7.83. The van der Waals surface area contributed by atoms with E-state index in [0.717, 1.165) is 6.26 Å². The maximum atomic E-state index is 13.8. The van der Waals surface area contributed by atoms with Crippen LogP contribution >= 0.6 is 0 Å². The third-order valence-electron chi connectivity index (χ3n) is 3.00. The highest BCUT2D eigenvalue weighted by Gasteiger charge is 2.18. The van der Waals surface area contributed by atoms with E-state index < -0.39 is 21.7 Å². The average Bonchev–Trinajstić information content (AvgIpc) is 2.41. The molecule has 3 N–H and O–H groups in total. The van der Waals surface area contributed by atoms with Crippen molar-refractivity contribution in [3.8, 4) is 0 Å². The van der Waals surface area contributed by atoms with Gasteiger partial charge in [-0.3, -0.25) is 5.84 Å². The fourth-order valence-corrected chi connectivity index (χ4v) is 2.68. The molecule has 0 heterocycles. The molecule has 0 fully saturated rings. The highest BCUT2D eigenvalue weighted by atomic mass is 32.2. The molecule has 0 aliphatic carbocycles. The molecule has 1 unspecified atom stereocenters. The molecule has 0 amide bonds. The van der Waals surface area contributed by atoms with Gasteiger partial charge in [-0.25, -0.2) is 18.2 Å². The number of sulfone groups is 1. The molecule has 0 bridgehead atoms. The standard InChI is InChI=1S/C14H15FN2O2S/c1-20(18,19)11-6-4-5-10(9-11)14(17-16)12-7-2-3-8-13(12)15/h2-9,14,17H,16H2,1H3. The van der Waals surface area contributed by atoms with Crippen LogP contribution in [0.5, 0.6) is 0 Å². The first kappa shape index (κ1) is 14.6. The van der Waals surface area contributed by atoms with Crippen LogP contribution in [0.2, 0.25) is 0 Å². The Morgan fingerprint density at radius 3 is 2.45 bits per heavy atom. The minimum absolute atomic E-state index is 0.173. The Morgan fingerprint density at radius 1 is 1.15 bits per heavy atom.